The first kappa shape index (κ1) is 21.2. The summed E-state index contributed by atoms with van der Waals surface area (Å²) in [5.41, 5.74) is 3.38. The van der Waals surface area contributed by atoms with Crippen LogP contribution in [0.2, 0.25) is 0 Å². The lowest BCUT2D eigenvalue weighted by molar-refractivity contribution is -0.134. The molecule has 0 spiro atoms. The number of aromatic nitrogens is 1. The number of esters is 1. The smallest absolute Gasteiger partial charge is 0.339 e. The number of benzene rings is 1. The van der Waals surface area contributed by atoms with Crippen molar-refractivity contribution in [1.82, 2.24) is 9.47 Å². The summed E-state index contributed by atoms with van der Waals surface area (Å²) in [4.78, 5) is 27.3. The van der Waals surface area contributed by atoms with E-state index >= 15 is 0 Å². The number of likely N-dealkylation sites (tertiary alicyclic amines) is 1. The van der Waals surface area contributed by atoms with E-state index in [0.29, 0.717) is 37.0 Å². The van der Waals surface area contributed by atoms with Crippen molar-refractivity contribution >= 4 is 11.9 Å². The molecule has 1 aromatic carbocycles. The lowest BCUT2D eigenvalue weighted by Crippen LogP contribution is -2.42. The number of nitrogens with zero attached hydrogens (tertiary/aromatic N) is 2. The van der Waals surface area contributed by atoms with Crippen molar-refractivity contribution in [3.63, 3.8) is 0 Å². The van der Waals surface area contributed by atoms with Crippen molar-refractivity contribution in [3.8, 4) is 11.3 Å². The van der Waals surface area contributed by atoms with Crippen LogP contribution in [0.25, 0.3) is 11.3 Å². The van der Waals surface area contributed by atoms with Crippen molar-refractivity contribution in [1.29, 1.82) is 0 Å². The van der Waals surface area contributed by atoms with Crippen LogP contribution in [0.4, 0.5) is 0 Å². The molecule has 1 saturated heterocycles. The SMILES string of the molecule is CCOC(=O)c1cc(-c2ccccc2)n(CCC(=O)N2C[C@@H](C)C[C@H](C)C2)c1C. The molecule has 5 heteroatoms. The van der Waals surface area contributed by atoms with Crippen LogP contribution in [-0.4, -0.2) is 41.0 Å². The maximum Gasteiger partial charge on any atom is 0.339 e. The Labute approximate surface area is 173 Å². The molecule has 1 amide bonds. The lowest BCUT2D eigenvalue weighted by atomic mass is 9.92. The second kappa shape index (κ2) is 9.29. The Morgan fingerprint density at radius 1 is 1.10 bits per heavy atom. The molecule has 1 aliphatic rings. The number of carbonyl (C=O) groups excluding carboxylic acids is 2. The minimum absolute atomic E-state index is 0.188. The molecule has 1 fully saturated rings. The number of amides is 1. The summed E-state index contributed by atoms with van der Waals surface area (Å²) in [5, 5.41) is 0. The predicted molar refractivity (Wildman–Crippen MR) is 115 cm³/mol. The highest BCUT2D eigenvalue weighted by Gasteiger charge is 2.26. The summed E-state index contributed by atoms with van der Waals surface area (Å²) >= 11 is 0. The molecule has 0 aliphatic carbocycles. The highest BCUT2D eigenvalue weighted by molar-refractivity contribution is 5.92. The van der Waals surface area contributed by atoms with Crippen LogP contribution >= 0.6 is 0 Å². The van der Waals surface area contributed by atoms with Gasteiger partial charge in [0, 0.05) is 37.4 Å². The van der Waals surface area contributed by atoms with Crippen molar-refractivity contribution < 1.29 is 14.3 Å². The van der Waals surface area contributed by atoms with Gasteiger partial charge >= 0.3 is 5.97 Å². The second-order valence-electron chi connectivity index (χ2n) is 8.26. The average molecular weight is 397 g/mol. The van der Waals surface area contributed by atoms with Crippen molar-refractivity contribution in [2.24, 2.45) is 11.8 Å². The Morgan fingerprint density at radius 3 is 2.38 bits per heavy atom. The maximum atomic E-state index is 12.9. The standard InChI is InChI=1S/C24H32N2O3/c1-5-29-24(28)21-14-22(20-9-7-6-8-10-20)26(19(21)4)12-11-23(27)25-15-17(2)13-18(3)16-25/h6-10,14,17-18H,5,11-13,15-16H2,1-4H3/t17-,18-/m0/s1. The van der Waals surface area contributed by atoms with Gasteiger partial charge in [-0.25, -0.2) is 4.79 Å². The van der Waals surface area contributed by atoms with Gasteiger partial charge in [-0.15, -0.1) is 0 Å². The molecule has 1 aliphatic heterocycles. The predicted octanol–water partition coefficient (Wildman–Crippen LogP) is 4.53. The molecule has 2 heterocycles. The largest absolute Gasteiger partial charge is 0.462 e. The van der Waals surface area contributed by atoms with Gasteiger partial charge in [-0.3, -0.25) is 4.79 Å². The molecule has 0 bridgehead atoms. The fraction of sp³-hybridized carbons (Fsp3) is 0.500. The van der Waals surface area contributed by atoms with Gasteiger partial charge in [-0.1, -0.05) is 44.2 Å². The molecular formula is C24H32N2O3. The molecule has 2 aromatic rings. The molecule has 0 saturated carbocycles. The molecule has 0 radical (unpaired) electrons. The van der Waals surface area contributed by atoms with Gasteiger partial charge < -0.3 is 14.2 Å². The van der Waals surface area contributed by atoms with Crippen molar-refractivity contribution in [3.05, 3.63) is 47.7 Å². The number of hydrogen-bond acceptors (Lipinski definition) is 3. The van der Waals surface area contributed by atoms with E-state index in [1.165, 1.54) is 6.42 Å². The average Bonchev–Trinajstić information content (AvgIpc) is 3.02. The number of ether oxygens (including phenoxy) is 1. The first-order valence-corrected chi connectivity index (χ1v) is 10.6. The van der Waals surface area contributed by atoms with Crippen LogP contribution in [-0.2, 0) is 16.1 Å². The van der Waals surface area contributed by atoms with Crippen molar-refractivity contribution in [2.75, 3.05) is 19.7 Å². The zero-order valence-corrected chi connectivity index (χ0v) is 18.0. The number of rotatable bonds is 6. The first-order chi connectivity index (χ1) is 13.9. The van der Waals surface area contributed by atoms with Gasteiger partial charge in [-0.05, 0) is 43.7 Å². The van der Waals surface area contributed by atoms with Crippen LogP contribution in [0.15, 0.2) is 36.4 Å². The van der Waals surface area contributed by atoms with E-state index in [-0.39, 0.29) is 11.9 Å². The fourth-order valence-electron chi connectivity index (χ4n) is 4.43. The topological polar surface area (TPSA) is 51.5 Å². The summed E-state index contributed by atoms with van der Waals surface area (Å²) < 4.78 is 7.31. The molecule has 29 heavy (non-hydrogen) atoms. The quantitative estimate of drug-likeness (QED) is 0.674. The molecule has 0 N–H and O–H groups in total. The fourth-order valence-corrected chi connectivity index (χ4v) is 4.43. The molecule has 3 rings (SSSR count). The third-order valence-electron chi connectivity index (χ3n) is 5.70. The second-order valence-corrected chi connectivity index (χ2v) is 8.26. The van der Waals surface area contributed by atoms with Gasteiger partial charge in [0.15, 0.2) is 0 Å². The Balaban J connectivity index is 1.83. The summed E-state index contributed by atoms with van der Waals surface area (Å²) in [6.45, 7) is 10.7. The van der Waals surface area contributed by atoms with E-state index in [2.05, 4.69) is 18.4 Å². The van der Waals surface area contributed by atoms with Crippen LogP contribution in [0.1, 0.15) is 49.7 Å². The highest BCUT2D eigenvalue weighted by Crippen LogP contribution is 2.27. The van der Waals surface area contributed by atoms with E-state index in [1.807, 2.05) is 55.1 Å². The molecular weight excluding hydrogens is 364 g/mol. The van der Waals surface area contributed by atoms with E-state index in [1.54, 1.807) is 0 Å². The van der Waals surface area contributed by atoms with Gasteiger partial charge in [0.2, 0.25) is 5.91 Å². The zero-order chi connectivity index (χ0) is 21.0. The minimum Gasteiger partial charge on any atom is -0.462 e. The third kappa shape index (κ3) is 4.89. The van der Waals surface area contributed by atoms with E-state index < -0.39 is 0 Å². The van der Waals surface area contributed by atoms with E-state index in [0.717, 1.165) is 30.0 Å². The first-order valence-electron chi connectivity index (χ1n) is 10.6. The van der Waals surface area contributed by atoms with Crippen LogP contribution in [0.5, 0.6) is 0 Å². The lowest BCUT2D eigenvalue weighted by Gasteiger charge is -2.35. The summed E-state index contributed by atoms with van der Waals surface area (Å²) in [6.07, 6.45) is 1.61. The Bertz CT molecular complexity index is 847. The molecule has 1 aromatic heterocycles. The number of carbonyl (C=O) groups is 2. The zero-order valence-electron chi connectivity index (χ0n) is 18.0. The Kier molecular flexibility index (Phi) is 6.78. The Hall–Kier alpha value is -2.56. The molecule has 0 unspecified atom stereocenters. The van der Waals surface area contributed by atoms with Gasteiger partial charge in [0.05, 0.1) is 12.2 Å². The normalized spacial score (nSPS) is 19.2. The highest BCUT2D eigenvalue weighted by atomic mass is 16.5. The van der Waals surface area contributed by atoms with Gasteiger partial charge in [-0.2, -0.15) is 0 Å². The van der Waals surface area contributed by atoms with Crippen molar-refractivity contribution in [2.45, 2.75) is 47.1 Å². The van der Waals surface area contributed by atoms with E-state index in [4.69, 9.17) is 4.74 Å². The van der Waals surface area contributed by atoms with Gasteiger partial charge in [0.1, 0.15) is 0 Å². The third-order valence-corrected chi connectivity index (χ3v) is 5.70. The minimum atomic E-state index is -0.314. The van der Waals surface area contributed by atoms with Crippen LogP contribution in [0, 0.1) is 18.8 Å². The monoisotopic (exact) mass is 396 g/mol. The summed E-state index contributed by atoms with van der Waals surface area (Å²) in [6, 6.07) is 11.9. The van der Waals surface area contributed by atoms with E-state index in [9.17, 15) is 9.59 Å². The molecule has 2 atom stereocenters. The van der Waals surface area contributed by atoms with Crippen LogP contribution in [0.3, 0.4) is 0 Å². The van der Waals surface area contributed by atoms with Gasteiger partial charge in [0.25, 0.3) is 0 Å². The molecule has 156 valence electrons. The Morgan fingerprint density at radius 2 is 1.76 bits per heavy atom. The number of hydrogen-bond donors (Lipinski definition) is 0. The van der Waals surface area contributed by atoms with Crippen LogP contribution < -0.4 is 0 Å². The number of piperidine rings is 1. The molecule has 5 nitrogen and oxygen atoms in total. The summed E-state index contributed by atoms with van der Waals surface area (Å²) in [7, 11) is 0. The maximum absolute atomic E-state index is 12.9. The summed E-state index contributed by atoms with van der Waals surface area (Å²) in [5.74, 6) is 0.969.